The van der Waals surface area contributed by atoms with Gasteiger partial charge in [-0.15, -0.1) is 0 Å². The van der Waals surface area contributed by atoms with Crippen LogP contribution in [0.5, 0.6) is 0 Å². The molecule has 0 saturated heterocycles. The fourth-order valence-corrected chi connectivity index (χ4v) is 2.57. The Morgan fingerprint density at radius 2 is 2.14 bits per heavy atom. The Morgan fingerprint density at radius 3 is 2.67 bits per heavy atom. The van der Waals surface area contributed by atoms with Crippen LogP contribution >= 0.6 is 27.5 Å². The van der Waals surface area contributed by atoms with Gasteiger partial charge < -0.3 is 10.4 Å². The monoisotopic (exact) mass is 372 g/mol. The highest BCUT2D eigenvalue weighted by Crippen LogP contribution is 2.31. The summed E-state index contributed by atoms with van der Waals surface area (Å²) in [4.78, 5) is 4.09. The van der Waals surface area contributed by atoms with E-state index in [1.165, 1.54) is 6.07 Å². The Kier molecular flexibility index (Phi) is 5.19. The van der Waals surface area contributed by atoms with Crippen LogP contribution in [0.4, 0.5) is 10.1 Å². The highest BCUT2D eigenvalue weighted by molar-refractivity contribution is 9.10. The molecule has 1 aromatic carbocycles. The number of halogens is 3. The lowest BCUT2D eigenvalue weighted by molar-refractivity contribution is 0.204. The molecule has 3 nitrogen and oxygen atoms in total. The molecule has 1 aromatic heterocycles. The summed E-state index contributed by atoms with van der Waals surface area (Å²) < 4.78 is 13.8. The van der Waals surface area contributed by atoms with Crippen molar-refractivity contribution < 1.29 is 9.50 Å². The molecule has 0 aliphatic heterocycles. The second-order valence-corrected chi connectivity index (χ2v) is 5.97. The number of benzene rings is 1. The first kappa shape index (κ1) is 16.2. The molecule has 1 heterocycles. The van der Waals surface area contributed by atoms with Gasteiger partial charge in [0.2, 0.25) is 0 Å². The highest BCUT2D eigenvalue weighted by Gasteiger charge is 2.31. The molecule has 0 amide bonds. The summed E-state index contributed by atoms with van der Waals surface area (Å²) in [6.45, 7) is 1.77. The van der Waals surface area contributed by atoms with E-state index in [2.05, 4.69) is 26.2 Å². The average molecular weight is 374 g/mol. The zero-order chi connectivity index (χ0) is 15.5. The number of nitrogens with one attached hydrogen (secondary N) is 1. The number of aliphatic hydroxyl groups is 1. The zero-order valence-electron chi connectivity index (χ0n) is 11.4. The van der Waals surface area contributed by atoms with Crippen LogP contribution in [-0.4, -0.2) is 16.7 Å². The van der Waals surface area contributed by atoms with E-state index < -0.39 is 11.4 Å². The maximum atomic E-state index is 13.0. The number of aromatic nitrogens is 1. The van der Waals surface area contributed by atoms with E-state index in [0.717, 1.165) is 16.4 Å². The second-order valence-electron chi connectivity index (χ2n) is 4.71. The maximum absolute atomic E-state index is 13.0. The van der Waals surface area contributed by atoms with E-state index in [1.807, 2.05) is 19.1 Å². The van der Waals surface area contributed by atoms with Gasteiger partial charge >= 0.3 is 0 Å². The van der Waals surface area contributed by atoms with E-state index in [0.29, 0.717) is 17.1 Å². The molecule has 0 spiro atoms. The molecule has 2 N–H and O–H groups in total. The number of hydrogen-bond acceptors (Lipinski definition) is 3. The third kappa shape index (κ3) is 3.54. The van der Waals surface area contributed by atoms with E-state index >= 15 is 0 Å². The molecule has 0 bridgehead atoms. The summed E-state index contributed by atoms with van der Waals surface area (Å²) in [5.41, 5.74) is 0.592. The standard InChI is InChI=1S/C15H15BrClFN2O/c1-2-15(9-21,14-6-3-10(18)8-19-14)20-11-4-5-13(17)12(16)7-11/h3-8,20-21H,2,9H2,1H3. The SMILES string of the molecule is CCC(CO)(Nc1ccc(Cl)c(Br)c1)c1ccc(F)cn1. The summed E-state index contributed by atoms with van der Waals surface area (Å²) in [5, 5.41) is 13.7. The topological polar surface area (TPSA) is 45.1 Å². The lowest BCUT2D eigenvalue weighted by Gasteiger charge is -2.32. The van der Waals surface area contributed by atoms with Crippen LogP contribution in [0.25, 0.3) is 0 Å². The predicted molar refractivity (Wildman–Crippen MR) is 86.0 cm³/mol. The van der Waals surface area contributed by atoms with Gasteiger partial charge in [0.1, 0.15) is 11.4 Å². The summed E-state index contributed by atoms with van der Waals surface area (Å²) in [5.74, 6) is -0.407. The summed E-state index contributed by atoms with van der Waals surface area (Å²) >= 11 is 9.34. The molecular weight excluding hydrogens is 359 g/mol. The Bertz CT molecular complexity index is 618. The van der Waals surface area contributed by atoms with Crippen molar-refractivity contribution in [2.45, 2.75) is 18.9 Å². The molecule has 1 atom stereocenters. The largest absolute Gasteiger partial charge is 0.394 e. The van der Waals surface area contributed by atoms with Gasteiger partial charge in [0.05, 0.1) is 23.5 Å². The lowest BCUT2D eigenvalue weighted by atomic mass is 9.91. The second kappa shape index (κ2) is 6.73. The Hall–Kier alpha value is -1.17. The maximum Gasteiger partial charge on any atom is 0.141 e. The van der Waals surface area contributed by atoms with Crippen molar-refractivity contribution in [3.05, 3.63) is 57.5 Å². The lowest BCUT2D eigenvalue weighted by Crippen LogP contribution is -2.39. The van der Waals surface area contributed by atoms with Gasteiger partial charge in [-0.3, -0.25) is 4.98 Å². The summed E-state index contributed by atoms with van der Waals surface area (Å²) in [6, 6.07) is 8.31. The normalized spacial score (nSPS) is 13.8. The van der Waals surface area contributed by atoms with Crippen molar-refractivity contribution in [2.75, 3.05) is 11.9 Å². The minimum atomic E-state index is -0.777. The number of aliphatic hydroxyl groups excluding tert-OH is 1. The molecule has 0 aliphatic carbocycles. The van der Waals surface area contributed by atoms with Crippen LogP contribution in [0, 0.1) is 5.82 Å². The Labute approximate surface area is 136 Å². The molecule has 21 heavy (non-hydrogen) atoms. The summed E-state index contributed by atoms with van der Waals surface area (Å²) in [6.07, 6.45) is 1.73. The molecule has 6 heteroatoms. The Morgan fingerprint density at radius 1 is 1.38 bits per heavy atom. The fourth-order valence-electron chi connectivity index (χ4n) is 2.07. The third-order valence-electron chi connectivity index (χ3n) is 3.39. The first-order valence-corrected chi connectivity index (χ1v) is 7.64. The van der Waals surface area contributed by atoms with Gasteiger partial charge in [0.15, 0.2) is 0 Å². The van der Waals surface area contributed by atoms with Crippen LogP contribution < -0.4 is 5.32 Å². The van der Waals surface area contributed by atoms with Crippen LogP contribution in [-0.2, 0) is 5.54 Å². The fraction of sp³-hybridized carbons (Fsp3) is 0.267. The molecule has 0 radical (unpaired) electrons. The van der Waals surface area contributed by atoms with Crippen LogP contribution in [0.3, 0.4) is 0 Å². The van der Waals surface area contributed by atoms with Crippen molar-refractivity contribution in [2.24, 2.45) is 0 Å². The van der Waals surface area contributed by atoms with E-state index in [1.54, 1.807) is 12.1 Å². The van der Waals surface area contributed by atoms with Crippen LogP contribution in [0.1, 0.15) is 19.0 Å². The van der Waals surface area contributed by atoms with Crippen molar-refractivity contribution in [1.29, 1.82) is 0 Å². The van der Waals surface area contributed by atoms with Crippen molar-refractivity contribution in [3.8, 4) is 0 Å². The van der Waals surface area contributed by atoms with Gasteiger partial charge in [-0.25, -0.2) is 4.39 Å². The first-order chi connectivity index (χ1) is 10.0. The number of pyridine rings is 1. The quantitative estimate of drug-likeness (QED) is 0.819. The van der Waals surface area contributed by atoms with Gasteiger partial charge in [0, 0.05) is 10.2 Å². The molecule has 2 rings (SSSR count). The van der Waals surface area contributed by atoms with Crippen LogP contribution in [0.15, 0.2) is 41.0 Å². The molecular formula is C15H15BrClFN2O. The van der Waals surface area contributed by atoms with Crippen molar-refractivity contribution >= 4 is 33.2 Å². The Balaban J connectivity index is 2.37. The molecule has 0 saturated carbocycles. The number of anilines is 1. The number of hydrogen-bond donors (Lipinski definition) is 2. The number of nitrogens with zero attached hydrogens (tertiary/aromatic N) is 1. The average Bonchev–Trinajstić information content (AvgIpc) is 2.49. The van der Waals surface area contributed by atoms with Gasteiger partial charge in [-0.1, -0.05) is 18.5 Å². The summed E-state index contributed by atoms with van der Waals surface area (Å²) in [7, 11) is 0. The van der Waals surface area contributed by atoms with E-state index in [-0.39, 0.29) is 6.61 Å². The third-order valence-corrected chi connectivity index (χ3v) is 4.61. The number of rotatable bonds is 5. The molecule has 2 aromatic rings. The minimum absolute atomic E-state index is 0.164. The van der Waals surface area contributed by atoms with Gasteiger partial charge in [-0.05, 0) is 52.7 Å². The smallest absolute Gasteiger partial charge is 0.141 e. The predicted octanol–water partition coefficient (Wildman–Crippen LogP) is 4.35. The van der Waals surface area contributed by atoms with E-state index in [4.69, 9.17) is 11.6 Å². The zero-order valence-corrected chi connectivity index (χ0v) is 13.7. The first-order valence-electron chi connectivity index (χ1n) is 6.47. The van der Waals surface area contributed by atoms with Gasteiger partial charge in [0.25, 0.3) is 0 Å². The minimum Gasteiger partial charge on any atom is -0.394 e. The molecule has 0 fully saturated rings. The van der Waals surface area contributed by atoms with Crippen molar-refractivity contribution in [3.63, 3.8) is 0 Å². The van der Waals surface area contributed by atoms with Crippen LogP contribution in [0.2, 0.25) is 5.02 Å². The van der Waals surface area contributed by atoms with Crippen molar-refractivity contribution in [1.82, 2.24) is 4.98 Å². The molecule has 0 aliphatic rings. The molecule has 112 valence electrons. The highest BCUT2D eigenvalue weighted by atomic mass is 79.9. The molecule has 1 unspecified atom stereocenters. The van der Waals surface area contributed by atoms with E-state index in [9.17, 15) is 9.50 Å². The van der Waals surface area contributed by atoms with Gasteiger partial charge in [-0.2, -0.15) is 0 Å².